The van der Waals surface area contributed by atoms with E-state index >= 15 is 0 Å². The number of halogens is 1. The minimum atomic E-state index is -4.01. The van der Waals surface area contributed by atoms with Crippen LogP contribution in [0, 0.1) is 0 Å². The van der Waals surface area contributed by atoms with E-state index in [-0.39, 0.29) is 21.8 Å². The molecule has 1 amide bonds. The fraction of sp³-hybridized carbons (Fsp3) is 0.273. The average Bonchev–Trinajstić information content (AvgIpc) is 3.34. The first-order chi connectivity index (χ1) is 15.8. The second-order valence-electron chi connectivity index (χ2n) is 6.83. The molecule has 0 atom stereocenters. The van der Waals surface area contributed by atoms with Crippen LogP contribution in [-0.4, -0.2) is 44.7 Å². The van der Waals surface area contributed by atoms with Gasteiger partial charge in [-0.3, -0.25) is 9.69 Å². The highest BCUT2D eigenvalue weighted by molar-refractivity contribution is 8.19. The average molecular weight is 527 g/mol. The van der Waals surface area contributed by atoms with E-state index < -0.39 is 10.0 Å². The molecule has 2 heterocycles. The first-order valence-electron chi connectivity index (χ1n) is 10.0. The molecule has 176 valence electrons. The van der Waals surface area contributed by atoms with Gasteiger partial charge in [0.25, 0.3) is 15.9 Å². The van der Waals surface area contributed by atoms with Crippen molar-refractivity contribution in [1.29, 1.82) is 0 Å². The van der Waals surface area contributed by atoms with E-state index in [4.69, 9.17) is 21.1 Å². The van der Waals surface area contributed by atoms with Crippen molar-refractivity contribution in [1.82, 2.24) is 4.90 Å². The number of hydrogen-bond donors (Lipinski definition) is 0. The van der Waals surface area contributed by atoms with Gasteiger partial charge >= 0.3 is 0 Å². The molecule has 0 aliphatic carbocycles. The topological polar surface area (TPSA) is 85.3 Å². The van der Waals surface area contributed by atoms with Crippen LogP contribution >= 0.6 is 34.7 Å². The van der Waals surface area contributed by atoms with Crippen LogP contribution < -0.4 is 9.47 Å². The number of amidine groups is 1. The van der Waals surface area contributed by atoms with E-state index in [9.17, 15) is 13.2 Å². The Hall–Kier alpha value is -2.27. The smallest absolute Gasteiger partial charge is 0.294 e. The number of thiophene rings is 1. The molecule has 33 heavy (non-hydrogen) atoms. The molecule has 1 fully saturated rings. The molecule has 3 rings (SSSR count). The number of thioether (sulfide) groups is 1. The number of sulfonamides is 1. The monoisotopic (exact) mass is 526 g/mol. The first-order valence-corrected chi connectivity index (χ1v) is 13.5. The molecule has 0 bridgehead atoms. The standard InChI is InChI=1S/C22H23ClN2O5S3/c1-4-6-12-30-17-13-15(7-8-16(17)29-3)14-18-21(26)25(11-5-2)22(31-18)24-33(27,28)20-10-9-19(23)32-20/h5,7-10,13-14H,2,4,6,11-12H2,1,3H3/b18-14-,24-22?. The van der Waals surface area contributed by atoms with Crippen molar-refractivity contribution in [3.8, 4) is 11.5 Å². The summed E-state index contributed by atoms with van der Waals surface area (Å²) in [7, 11) is -2.45. The van der Waals surface area contributed by atoms with Gasteiger partial charge in [0, 0.05) is 6.54 Å². The number of carbonyl (C=O) groups excluding carboxylic acids is 1. The molecular weight excluding hydrogens is 504 g/mol. The summed E-state index contributed by atoms with van der Waals surface area (Å²) in [5, 5.41) is 0.0589. The third kappa shape index (κ3) is 6.20. The largest absolute Gasteiger partial charge is 0.493 e. The summed E-state index contributed by atoms with van der Waals surface area (Å²) in [6.45, 7) is 6.40. The normalized spacial score (nSPS) is 16.6. The minimum absolute atomic E-state index is 0.00746. The Bertz CT molecular complexity index is 1200. The third-order valence-electron chi connectivity index (χ3n) is 4.44. The Labute approximate surface area is 206 Å². The molecule has 0 unspecified atom stereocenters. The Morgan fingerprint density at radius 1 is 1.24 bits per heavy atom. The maximum absolute atomic E-state index is 13.0. The van der Waals surface area contributed by atoms with E-state index in [0.29, 0.717) is 32.9 Å². The van der Waals surface area contributed by atoms with Crippen LogP contribution in [0.1, 0.15) is 25.3 Å². The minimum Gasteiger partial charge on any atom is -0.493 e. The number of carbonyl (C=O) groups is 1. The first kappa shape index (κ1) is 25.4. The van der Waals surface area contributed by atoms with E-state index in [1.807, 2.05) is 0 Å². The molecule has 0 radical (unpaired) electrons. The van der Waals surface area contributed by atoms with Crippen LogP contribution in [0.3, 0.4) is 0 Å². The SMILES string of the molecule is C=CCN1C(=O)/C(=C/c2ccc(OC)c(OCCCC)c2)SC1=NS(=O)(=O)c1ccc(Cl)s1. The van der Waals surface area contributed by atoms with Gasteiger partial charge in [0.05, 0.1) is 23.0 Å². The molecule has 0 N–H and O–H groups in total. The zero-order chi connectivity index (χ0) is 24.0. The van der Waals surface area contributed by atoms with Crippen molar-refractivity contribution in [2.75, 3.05) is 20.3 Å². The maximum Gasteiger partial charge on any atom is 0.294 e. The Kier molecular flexibility index (Phi) is 8.63. The molecule has 0 spiro atoms. The van der Waals surface area contributed by atoms with Crippen molar-refractivity contribution >= 4 is 61.9 Å². The molecule has 2 aromatic rings. The highest BCUT2D eigenvalue weighted by Gasteiger charge is 2.34. The highest BCUT2D eigenvalue weighted by Crippen LogP contribution is 2.36. The Morgan fingerprint density at radius 3 is 2.67 bits per heavy atom. The molecular formula is C22H23ClN2O5S3. The molecule has 1 saturated heterocycles. The molecule has 1 aromatic carbocycles. The number of benzene rings is 1. The molecule has 7 nitrogen and oxygen atoms in total. The van der Waals surface area contributed by atoms with Gasteiger partial charge in [-0.25, -0.2) is 0 Å². The van der Waals surface area contributed by atoms with E-state index in [1.165, 1.54) is 23.1 Å². The van der Waals surface area contributed by atoms with Crippen molar-refractivity contribution in [2.45, 2.75) is 24.0 Å². The van der Waals surface area contributed by atoms with Crippen molar-refractivity contribution in [3.63, 3.8) is 0 Å². The third-order valence-corrected chi connectivity index (χ3v) is 8.53. The van der Waals surface area contributed by atoms with Crippen molar-refractivity contribution in [3.05, 3.63) is 57.8 Å². The molecule has 1 aliphatic rings. The fourth-order valence-corrected chi connectivity index (χ4v) is 6.47. The summed E-state index contributed by atoms with van der Waals surface area (Å²) in [6.07, 6.45) is 5.09. The van der Waals surface area contributed by atoms with E-state index in [2.05, 4.69) is 17.9 Å². The van der Waals surface area contributed by atoms with Crippen LogP contribution in [0.5, 0.6) is 11.5 Å². The summed E-state index contributed by atoms with van der Waals surface area (Å²) in [4.78, 5) is 14.6. The number of amides is 1. The summed E-state index contributed by atoms with van der Waals surface area (Å²) in [5.74, 6) is 0.807. The lowest BCUT2D eigenvalue weighted by Gasteiger charge is -2.12. The lowest BCUT2D eigenvalue weighted by atomic mass is 10.2. The zero-order valence-electron chi connectivity index (χ0n) is 18.1. The second-order valence-corrected chi connectivity index (χ2v) is 11.4. The molecule has 0 saturated carbocycles. The predicted molar refractivity (Wildman–Crippen MR) is 135 cm³/mol. The van der Waals surface area contributed by atoms with Gasteiger partial charge in [-0.2, -0.15) is 8.42 Å². The fourth-order valence-electron chi connectivity index (χ4n) is 2.82. The van der Waals surface area contributed by atoms with E-state index in [1.54, 1.807) is 31.4 Å². The van der Waals surface area contributed by atoms with Gasteiger partial charge in [0.1, 0.15) is 4.21 Å². The van der Waals surface area contributed by atoms with Gasteiger partial charge in [-0.15, -0.1) is 22.3 Å². The van der Waals surface area contributed by atoms with Gasteiger partial charge in [-0.1, -0.05) is 37.1 Å². The number of unbranched alkanes of at least 4 members (excludes halogenated alkanes) is 1. The summed E-state index contributed by atoms with van der Waals surface area (Å²) >= 11 is 7.76. The van der Waals surface area contributed by atoms with Gasteiger partial charge < -0.3 is 9.47 Å². The lowest BCUT2D eigenvalue weighted by molar-refractivity contribution is -0.121. The number of nitrogens with zero attached hydrogens (tertiary/aromatic N) is 2. The zero-order valence-corrected chi connectivity index (χ0v) is 21.3. The van der Waals surface area contributed by atoms with Crippen LogP contribution in [0.15, 0.2) is 56.5 Å². The second kappa shape index (κ2) is 11.2. The summed E-state index contributed by atoms with van der Waals surface area (Å²) in [5.41, 5.74) is 0.714. The summed E-state index contributed by atoms with van der Waals surface area (Å²) < 4.78 is 40.8. The van der Waals surface area contributed by atoms with Crippen LogP contribution in [-0.2, 0) is 14.8 Å². The van der Waals surface area contributed by atoms with Crippen molar-refractivity contribution in [2.24, 2.45) is 4.40 Å². The highest BCUT2D eigenvalue weighted by atomic mass is 35.5. The van der Waals surface area contributed by atoms with E-state index in [0.717, 1.165) is 35.9 Å². The lowest BCUT2D eigenvalue weighted by Crippen LogP contribution is -2.29. The molecule has 1 aromatic heterocycles. The summed E-state index contributed by atoms with van der Waals surface area (Å²) in [6, 6.07) is 8.22. The molecule has 1 aliphatic heterocycles. The van der Waals surface area contributed by atoms with Crippen LogP contribution in [0.4, 0.5) is 0 Å². The van der Waals surface area contributed by atoms with Gasteiger partial charge in [0.15, 0.2) is 16.7 Å². The number of ether oxygens (including phenoxy) is 2. The number of rotatable bonds is 10. The number of hydrogen-bond acceptors (Lipinski definition) is 7. The van der Waals surface area contributed by atoms with Gasteiger partial charge in [0.2, 0.25) is 0 Å². The van der Waals surface area contributed by atoms with Gasteiger partial charge in [-0.05, 0) is 54.1 Å². The maximum atomic E-state index is 13.0. The quantitative estimate of drug-likeness (QED) is 0.233. The predicted octanol–water partition coefficient (Wildman–Crippen LogP) is 5.44. The number of methoxy groups -OCH3 is 1. The molecule has 11 heteroatoms. The van der Waals surface area contributed by atoms with Crippen LogP contribution in [0.25, 0.3) is 6.08 Å². The Balaban J connectivity index is 1.93. The Morgan fingerprint density at radius 2 is 2.03 bits per heavy atom. The van der Waals surface area contributed by atoms with Crippen LogP contribution in [0.2, 0.25) is 4.34 Å². The van der Waals surface area contributed by atoms with Crippen molar-refractivity contribution < 1.29 is 22.7 Å².